The normalized spacial score (nSPS) is 10.8. The van der Waals surface area contributed by atoms with Crippen LogP contribution in [0.4, 0.5) is 14.5 Å². The number of amides is 1. The van der Waals surface area contributed by atoms with Crippen LogP contribution >= 0.6 is 11.8 Å². The molecule has 2 aromatic rings. The standard InChI is InChI=1S/C13H13F2N3OS/c1-7-11(8(2)18-17-7)16-12(19)9-5-3-4-6-10(9)20-13(14)15/h3-6,13H,1-2H3,(H,16,19)(H,17,18). The zero-order valence-corrected chi connectivity index (χ0v) is 11.7. The molecule has 20 heavy (non-hydrogen) atoms. The first-order valence-corrected chi connectivity index (χ1v) is 6.73. The minimum Gasteiger partial charge on any atom is -0.319 e. The Hall–Kier alpha value is -1.89. The summed E-state index contributed by atoms with van der Waals surface area (Å²) in [6.07, 6.45) is 0. The first-order chi connectivity index (χ1) is 9.49. The molecule has 1 heterocycles. The topological polar surface area (TPSA) is 57.8 Å². The number of alkyl halides is 2. The predicted octanol–water partition coefficient (Wildman–Crippen LogP) is 3.59. The molecule has 0 unspecified atom stereocenters. The molecule has 106 valence electrons. The molecule has 0 bridgehead atoms. The summed E-state index contributed by atoms with van der Waals surface area (Å²) < 4.78 is 25.0. The molecule has 0 radical (unpaired) electrons. The number of aromatic amines is 1. The molecule has 0 spiro atoms. The van der Waals surface area contributed by atoms with Crippen LogP contribution in [0.5, 0.6) is 0 Å². The predicted molar refractivity (Wildman–Crippen MR) is 74.3 cm³/mol. The van der Waals surface area contributed by atoms with Crippen molar-refractivity contribution in [2.24, 2.45) is 0 Å². The van der Waals surface area contributed by atoms with E-state index >= 15 is 0 Å². The lowest BCUT2D eigenvalue weighted by Gasteiger charge is -2.09. The molecular weight excluding hydrogens is 284 g/mol. The summed E-state index contributed by atoms with van der Waals surface area (Å²) in [5, 5.41) is 9.42. The number of carbonyl (C=O) groups excluding carboxylic acids is 1. The van der Waals surface area contributed by atoms with Crippen LogP contribution < -0.4 is 5.32 Å². The molecule has 0 aliphatic heterocycles. The Morgan fingerprint density at radius 1 is 1.35 bits per heavy atom. The number of nitrogens with zero attached hydrogens (tertiary/aromatic N) is 1. The smallest absolute Gasteiger partial charge is 0.288 e. The molecule has 0 aliphatic carbocycles. The van der Waals surface area contributed by atoms with Crippen molar-refractivity contribution in [2.75, 3.05) is 5.32 Å². The van der Waals surface area contributed by atoms with Gasteiger partial charge in [-0.15, -0.1) is 0 Å². The van der Waals surface area contributed by atoms with Gasteiger partial charge in [-0.05, 0) is 26.0 Å². The van der Waals surface area contributed by atoms with Crippen LogP contribution in [0.3, 0.4) is 0 Å². The molecule has 4 nitrogen and oxygen atoms in total. The average Bonchev–Trinajstić information content (AvgIpc) is 2.70. The number of thioether (sulfide) groups is 1. The van der Waals surface area contributed by atoms with E-state index < -0.39 is 11.7 Å². The van der Waals surface area contributed by atoms with Gasteiger partial charge in [-0.1, -0.05) is 23.9 Å². The minimum atomic E-state index is -2.57. The molecule has 1 aromatic carbocycles. The summed E-state index contributed by atoms with van der Waals surface area (Å²) in [4.78, 5) is 12.5. The fraction of sp³-hybridized carbons (Fsp3) is 0.231. The van der Waals surface area contributed by atoms with E-state index in [0.717, 1.165) is 5.69 Å². The maximum absolute atomic E-state index is 12.5. The summed E-state index contributed by atoms with van der Waals surface area (Å²) in [6, 6.07) is 6.28. The molecule has 0 atom stereocenters. The third-order valence-electron chi connectivity index (χ3n) is 2.71. The Labute approximate surface area is 119 Å². The fourth-order valence-corrected chi connectivity index (χ4v) is 2.41. The third kappa shape index (κ3) is 3.16. The molecule has 7 heteroatoms. The Kier molecular flexibility index (Phi) is 4.39. The molecule has 1 aromatic heterocycles. The summed E-state index contributed by atoms with van der Waals surface area (Å²) >= 11 is 0.357. The summed E-state index contributed by atoms with van der Waals surface area (Å²) in [6.45, 7) is 3.52. The van der Waals surface area contributed by atoms with Crippen LogP contribution in [-0.4, -0.2) is 21.9 Å². The van der Waals surface area contributed by atoms with E-state index in [1.807, 2.05) is 0 Å². The molecule has 2 rings (SSSR count). The van der Waals surface area contributed by atoms with E-state index in [1.54, 1.807) is 26.0 Å². The van der Waals surface area contributed by atoms with Gasteiger partial charge in [0.15, 0.2) is 0 Å². The Balaban J connectivity index is 2.26. The zero-order valence-electron chi connectivity index (χ0n) is 10.9. The molecule has 0 aliphatic rings. The van der Waals surface area contributed by atoms with Crippen molar-refractivity contribution in [2.45, 2.75) is 24.5 Å². The first-order valence-electron chi connectivity index (χ1n) is 5.85. The number of anilines is 1. The van der Waals surface area contributed by atoms with Crippen molar-refractivity contribution in [1.82, 2.24) is 10.2 Å². The van der Waals surface area contributed by atoms with Crippen molar-refractivity contribution in [3.05, 3.63) is 41.2 Å². The number of H-pyrrole nitrogens is 1. The van der Waals surface area contributed by atoms with Crippen LogP contribution in [0.1, 0.15) is 21.7 Å². The van der Waals surface area contributed by atoms with Crippen LogP contribution in [0, 0.1) is 13.8 Å². The van der Waals surface area contributed by atoms with Crippen molar-refractivity contribution >= 4 is 23.4 Å². The molecular formula is C13H13F2N3OS. The third-order valence-corrected chi connectivity index (χ3v) is 3.50. The number of halogens is 2. The Morgan fingerprint density at radius 2 is 2.05 bits per heavy atom. The van der Waals surface area contributed by atoms with Crippen molar-refractivity contribution in [3.8, 4) is 0 Å². The van der Waals surface area contributed by atoms with Gasteiger partial charge >= 0.3 is 0 Å². The van der Waals surface area contributed by atoms with Crippen LogP contribution in [0.15, 0.2) is 29.2 Å². The molecule has 0 saturated heterocycles. The molecule has 1 amide bonds. The van der Waals surface area contributed by atoms with Crippen LogP contribution in [0.25, 0.3) is 0 Å². The van der Waals surface area contributed by atoms with E-state index in [-0.39, 0.29) is 10.5 Å². The van der Waals surface area contributed by atoms with E-state index in [9.17, 15) is 13.6 Å². The average molecular weight is 297 g/mol. The number of aromatic nitrogens is 2. The van der Waals surface area contributed by atoms with Gasteiger partial charge in [-0.3, -0.25) is 9.89 Å². The van der Waals surface area contributed by atoms with Gasteiger partial charge in [0.1, 0.15) is 0 Å². The minimum absolute atomic E-state index is 0.220. The molecule has 0 saturated carbocycles. The number of hydrogen-bond acceptors (Lipinski definition) is 3. The zero-order chi connectivity index (χ0) is 14.7. The van der Waals surface area contributed by atoms with Gasteiger partial charge in [0.05, 0.1) is 22.6 Å². The number of carbonyl (C=O) groups is 1. The number of benzene rings is 1. The molecule has 0 fully saturated rings. The second-order valence-corrected chi connectivity index (χ2v) is 5.17. The van der Waals surface area contributed by atoms with Gasteiger partial charge in [0, 0.05) is 4.90 Å². The number of nitrogens with one attached hydrogen (secondary N) is 2. The van der Waals surface area contributed by atoms with Gasteiger partial charge < -0.3 is 5.32 Å². The first kappa shape index (κ1) is 14.5. The lowest BCUT2D eigenvalue weighted by Crippen LogP contribution is -2.14. The van der Waals surface area contributed by atoms with E-state index in [4.69, 9.17) is 0 Å². The number of rotatable bonds is 4. The van der Waals surface area contributed by atoms with Crippen molar-refractivity contribution in [3.63, 3.8) is 0 Å². The van der Waals surface area contributed by atoms with Gasteiger partial charge in [-0.2, -0.15) is 13.9 Å². The van der Waals surface area contributed by atoms with Gasteiger partial charge in [-0.25, -0.2) is 0 Å². The molecule has 2 N–H and O–H groups in total. The SMILES string of the molecule is Cc1n[nH]c(C)c1NC(=O)c1ccccc1SC(F)F. The van der Waals surface area contributed by atoms with Crippen LogP contribution in [0.2, 0.25) is 0 Å². The maximum atomic E-state index is 12.5. The van der Waals surface area contributed by atoms with E-state index in [1.165, 1.54) is 12.1 Å². The van der Waals surface area contributed by atoms with E-state index in [0.29, 0.717) is 23.1 Å². The van der Waals surface area contributed by atoms with Gasteiger partial charge in [0.25, 0.3) is 11.7 Å². The Morgan fingerprint density at radius 3 is 2.65 bits per heavy atom. The van der Waals surface area contributed by atoms with Crippen molar-refractivity contribution in [1.29, 1.82) is 0 Å². The number of hydrogen-bond donors (Lipinski definition) is 2. The highest BCUT2D eigenvalue weighted by molar-refractivity contribution is 7.99. The monoisotopic (exact) mass is 297 g/mol. The summed E-state index contributed by atoms with van der Waals surface area (Å²) in [7, 11) is 0. The highest BCUT2D eigenvalue weighted by atomic mass is 32.2. The Bertz CT molecular complexity index is 608. The largest absolute Gasteiger partial charge is 0.319 e. The highest BCUT2D eigenvalue weighted by Gasteiger charge is 2.17. The quantitative estimate of drug-likeness (QED) is 0.848. The fourth-order valence-electron chi connectivity index (χ4n) is 1.77. The number of aryl methyl sites for hydroxylation is 2. The highest BCUT2D eigenvalue weighted by Crippen LogP contribution is 2.29. The van der Waals surface area contributed by atoms with Crippen LogP contribution in [-0.2, 0) is 0 Å². The van der Waals surface area contributed by atoms with Gasteiger partial charge in [0.2, 0.25) is 0 Å². The van der Waals surface area contributed by atoms with Crippen molar-refractivity contribution < 1.29 is 13.6 Å². The summed E-state index contributed by atoms with van der Waals surface area (Å²) in [5.41, 5.74) is 2.16. The lowest BCUT2D eigenvalue weighted by atomic mass is 10.2. The maximum Gasteiger partial charge on any atom is 0.288 e. The lowest BCUT2D eigenvalue weighted by molar-refractivity contribution is 0.102. The second-order valence-electron chi connectivity index (χ2n) is 4.14. The van der Waals surface area contributed by atoms with E-state index in [2.05, 4.69) is 15.5 Å². The summed E-state index contributed by atoms with van der Waals surface area (Å²) in [5.74, 6) is -3.00. The second kappa shape index (κ2) is 6.04.